The molecule has 0 bridgehead atoms. The first-order chi connectivity index (χ1) is 7.69. The van der Waals surface area contributed by atoms with E-state index in [1.807, 2.05) is 6.07 Å². The highest BCUT2D eigenvalue weighted by molar-refractivity contribution is 7.13. The Hall–Kier alpha value is -1.13. The van der Waals surface area contributed by atoms with Crippen molar-refractivity contribution >= 4 is 11.3 Å². The molecule has 1 unspecified atom stereocenters. The lowest BCUT2D eigenvalue weighted by atomic mass is 9.85. The Labute approximate surface area is 99.3 Å². The van der Waals surface area contributed by atoms with E-state index in [4.69, 9.17) is 10.2 Å². The summed E-state index contributed by atoms with van der Waals surface area (Å²) >= 11 is 1.64. The standard InChI is InChI=1S/C12H16N2OS/c1-3-12(2,8-13)10-7-16-11(14-10)9-4-5-15-6-9/h4-7H,3,8,13H2,1-2H3. The molecule has 16 heavy (non-hydrogen) atoms. The maximum atomic E-state index is 5.82. The summed E-state index contributed by atoms with van der Waals surface area (Å²) in [5.41, 5.74) is 7.92. The molecular formula is C12H16N2OS. The van der Waals surface area contributed by atoms with Crippen molar-refractivity contribution in [3.63, 3.8) is 0 Å². The van der Waals surface area contributed by atoms with Gasteiger partial charge < -0.3 is 10.2 Å². The van der Waals surface area contributed by atoms with E-state index >= 15 is 0 Å². The van der Waals surface area contributed by atoms with Crippen LogP contribution in [0.1, 0.15) is 26.0 Å². The van der Waals surface area contributed by atoms with E-state index in [-0.39, 0.29) is 5.41 Å². The van der Waals surface area contributed by atoms with Crippen molar-refractivity contribution in [3.05, 3.63) is 29.7 Å². The fourth-order valence-electron chi connectivity index (χ4n) is 1.50. The molecule has 0 spiro atoms. The predicted octanol–water partition coefficient (Wildman–Crippen LogP) is 3.03. The molecule has 2 rings (SSSR count). The van der Waals surface area contributed by atoms with Crippen LogP contribution in [0.25, 0.3) is 10.6 Å². The summed E-state index contributed by atoms with van der Waals surface area (Å²) in [6.07, 6.45) is 4.38. The highest BCUT2D eigenvalue weighted by atomic mass is 32.1. The van der Waals surface area contributed by atoms with Crippen LogP contribution in [-0.4, -0.2) is 11.5 Å². The summed E-state index contributed by atoms with van der Waals surface area (Å²) < 4.78 is 5.06. The van der Waals surface area contributed by atoms with Crippen molar-refractivity contribution in [2.45, 2.75) is 25.7 Å². The average molecular weight is 236 g/mol. The SMILES string of the molecule is CCC(C)(CN)c1csc(-c2ccoc2)n1. The van der Waals surface area contributed by atoms with Crippen molar-refractivity contribution in [2.24, 2.45) is 5.73 Å². The fourth-order valence-corrected chi connectivity index (χ4v) is 2.46. The highest BCUT2D eigenvalue weighted by Gasteiger charge is 2.25. The molecule has 0 aliphatic rings. The third kappa shape index (κ3) is 1.90. The first kappa shape index (κ1) is 11.4. The summed E-state index contributed by atoms with van der Waals surface area (Å²) in [4.78, 5) is 4.64. The average Bonchev–Trinajstić information content (AvgIpc) is 2.97. The van der Waals surface area contributed by atoms with Gasteiger partial charge in [0.05, 0.1) is 12.0 Å². The minimum atomic E-state index is -0.0154. The molecule has 0 saturated carbocycles. The zero-order valence-corrected chi connectivity index (χ0v) is 10.4. The van der Waals surface area contributed by atoms with Gasteiger partial charge in [-0.25, -0.2) is 4.98 Å². The zero-order chi connectivity index (χ0) is 11.6. The number of rotatable bonds is 4. The van der Waals surface area contributed by atoms with Crippen LogP contribution in [0.2, 0.25) is 0 Å². The summed E-state index contributed by atoms with van der Waals surface area (Å²) in [5, 5.41) is 3.09. The van der Waals surface area contributed by atoms with E-state index in [0.717, 1.165) is 22.7 Å². The van der Waals surface area contributed by atoms with Crippen molar-refractivity contribution in [1.82, 2.24) is 4.98 Å². The van der Waals surface area contributed by atoms with Crippen LogP contribution >= 0.6 is 11.3 Å². The molecule has 3 nitrogen and oxygen atoms in total. The molecule has 0 radical (unpaired) electrons. The van der Waals surface area contributed by atoms with E-state index in [9.17, 15) is 0 Å². The minimum absolute atomic E-state index is 0.0154. The van der Waals surface area contributed by atoms with Crippen molar-refractivity contribution in [1.29, 1.82) is 0 Å². The normalized spacial score (nSPS) is 14.9. The van der Waals surface area contributed by atoms with E-state index < -0.39 is 0 Å². The van der Waals surface area contributed by atoms with Crippen molar-refractivity contribution < 1.29 is 4.42 Å². The third-order valence-corrected chi connectivity index (χ3v) is 4.01. The monoisotopic (exact) mass is 236 g/mol. The Morgan fingerprint density at radius 2 is 2.38 bits per heavy atom. The number of nitrogens with two attached hydrogens (primary N) is 1. The van der Waals surface area contributed by atoms with Gasteiger partial charge in [-0.1, -0.05) is 13.8 Å². The second-order valence-corrected chi connectivity index (χ2v) is 5.03. The van der Waals surface area contributed by atoms with Crippen LogP contribution in [0.5, 0.6) is 0 Å². The molecule has 2 aromatic heterocycles. The van der Waals surface area contributed by atoms with Gasteiger partial charge in [-0.15, -0.1) is 11.3 Å². The maximum Gasteiger partial charge on any atom is 0.126 e. The van der Waals surface area contributed by atoms with Crippen LogP contribution in [0.3, 0.4) is 0 Å². The van der Waals surface area contributed by atoms with Gasteiger partial charge in [-0.3, -0.25) is 0 Å². The number of nitrogens with zero attached hydrogens (tertiary/aromatic N) is 1. The molecular weight excluding hydrogens is 220 g/mol. The van der Waals surface area contributed by atoms with E-state index in [2.05, 4.69) is 24.2 Å². The lowest BCUT2D eigenvalue weighted by Gasteiger charge is -2.23. The molecule has 0 amide bonds. The molecule has 86 valence electrons. The Balaban J connectivity index is 2.33. The van der Waals surface area contributed by atoms with Gasteiger partial charge in [0, 0.05) is 22.9 Å². The van der Waals surface area contributed by atoms with Gasteiger partial charge in [0.1, 0.15) is 11.3 Å². The van der Waals surface area contributed by atoms with Gasteiger partial charge >= 0.3 is 0 Å². The lowest BCUT2D eigenvalue weighted by Crippen LogP contribution is -2.31. The summed E-state index contributed by atoms with van der Waals surface area (Å²) in [7, 11) is 0. The minimum Gasteiger partial charge on any atom is -0.472 e. The fraction of sp³-hybridized carbons (Fsp3) is 0.417. The predicted molar refractivity (Wildman–Crippen MR) is 66.5 cm³/mol. The van der Waals surface area contributed by atoms with Gasteiger partial charge in [0.25, 0.3) is 0 Å². The molecule has 0 fully saturated rings. The molecule has 0 aliphatic heterocycles. The Morgan fingerprint density at radius 3 is 2.94 bits per heavy atom. The van der Waals surface area contributed by atoms with Gasteiger partial charge in [-0.05, 0) is 12.5 Å². The van der Waals surface area contributed by atoms with Crippen LogP contribution in [-0.2, 0) is 5.41 Å². The number of aromatic nitrogens is 1. The van der Waals surface area contributed by atoms with E-state index in [0.29, 0.717) is 6.54 Å². The second-order valence-electron chi connectivity index (χ2n) is 4.17. The molecule has 0 aromatic carbocycles. The largest absolute Gasteiger partial charge is 0.472 e. The van der Waals surface area contributed by atoms with Crippen LogP contribution in [0.4, 0.5) is 0 Å². The molecule has 0 saturated heterocycles. The van der Waals surface area contributed by atoms with Gasteiger partial charge in [0.2, 0.25) is 0 Å². The molecule has 0 aliphatic carbocycles. The zero-order valence-electron chi connectivity index (χ0n) is 9.56. The number of hydrogen-bond acceptors (Lipinski definition) is 4. The van der Waals surface area contributed by atoms with Gasteiger partial charge in [-0.2, -0.15) is 0 Å². The molecule has 2 aromatic rings. The van der Waals surface area contributed by atoms with E-state index in [1.54, 1.807) is 23.9 Å². The molecule has 4 heteroatoms. The number of furan rings is 1. The van der Waals surface area contributed by atoms with Crippen LogP contribution < -0.4 is 5.73 Å². The lowest BCUT2D eigenvalue weighted by molar-refractivity contribution is 0.456. The van der Waals surface area contributed by atoms with Gasteiger partial charge in [0.15, 0.2) is 0 Å². The second kappa shape index (κ2) is 4.39. The van der Waals surface area contributed by atoms with Crippen molar-refractivity contribution in [3.8, 4) is 10.6 Å². The van der Waals surface area contributed by atoms with Crippen LogP contribution in [0.15, 0.2) is 28.4 Å². The number of hydrogen-bond donors (Lipinski definition) is 1. The first-order valence-electron chi connectivity index (χ1n) is 5.38. The quantitative estimate of drug-likeness (QED) is 0.887. The Kier molecular flexibility index (Phi) is 3.12. The van der Waals surface area contributed by atoms with E-state index in [1.165, 1.54) is 0 Å². The Bertz CT molecular complexity index is 443. The highest BCUT2D eigenvalue weighted by Crippen LogP contribution is 2.31. The molecule has 2 N–H and O–H groups in total. The smallest absolute Gasteiger partial charge is 0.126 e. The van der Waals surface area contributed by atoms with Crippen molar-refractivity contribution in [2.75, 3.05) is 6.54 Å². The third-order valence-electron chi connectivity index (χ3n) is 3.12. The summed E-state index contributed by atoms with van der Waals surface area (Å²) in [6.45, 7) is 4.92. The summed E-state index contributed by atoms with van der Waals surface area (Å²) in [6, 6.07) is 1.92. The summed E-state index contributed by atoms with van der Waals surface area (Å²) in [5.74, 6) is 0. The maximum absolute atomic E-state index is 5.82. The molecule has 1 atom stereocenters. The topological polar surface area (TPSA) is 52.0 Å². The molecule has 2 heterocycles. The number of thiazole rings is 1. The van der Waals surface area contributed by atoms with Crippen LogP contribution in [0, 0.1) is 0 Å². The first-order valence-corrected chi connectivity index (χ1v) is 6.26. The Morgan fingerprint density at radius 1 is 1.56 bits per heavy atom.